The standard InChI is InChI=1S/C73H63N5O.Pt/c1-45-32-33-74-68(34-45)77-65-41-52(30-31-57(65)60-42-61-59-26-19-25-58-56-22-14-15-27-62(56)78(70(58)59)67(61)43-66(60)77)79-53-39-50(73(8,9)10)38-51(40-53)75-44-76(64-29-17-16-28-63(64)75)69-54(46-20-12-11-13-21-46)23-18-24-55(69)47-35-48(71(2,3)4)37-49(36-47)72(5,6)7;/h11-43H,1-10H3;. The summed E-state index contributed by atoms with van der Waals surface area (Å²) in [7, 11) is 0. The van der Waals surface area contributed by atoms with E-state index in [1.807, 2.05) is 6.20 Å². The quantitative estimate of drug-likeness (QED) is 0.160. The molecule has 0 bridgehead atoms. The van der Waals surface area contributed by atoms with Gasteiger partial charge in [-0.25, -0.2) is 0 Å². The van der Waals surface area contributed by atoms with Crippen LogP contribution in [0.25, 0.3) is 110 Å². The maximum atomic E-state index is 7.21. The number of fused-ring (bicyclic) bond motifs is 10. The molecule has 6 nitrogen and oxygen atoms in total. The molecule has 0 aliphatic heterocycles. The average Bonchev–Trinajstić information content (AvgIpc) is 4.28. The molecule has 0 N–H and O–H groups in total. The van der Waals surface area contributed by atoms with Crippen molar-refractivity contribution in [2.24, 2.45) is 0 Å². The van der Waals surface area contributed by atoms with Crippen molar-refractivity contribution in [2.75, 3.05) is 0 Å². The number of aromatic nitrogens is 5. The summed E-state index contributed by atoms with van der Waals surface area (Å²) in [5.41, 5.74) is 19.6. The van der Waals surface area contributed by atoms with Crippen LogP contribution in [-0.2, 0) is 35.6 Å². The number of nitrogens with zero attached hydrogens (tertiary/aromatic N) is 5. The predicted molar refractivity (Wildman–Crippen MR) is 331 cm³/mol. The van der Waals surface area contributed by atoms with E-state index >= 15 is 0 Å². The second kappa shape index (κ2) is 18.1. The van der Waals surface area contributed by atoms with Crippen LogP contribution in [0.5, 0.6) is 11.5 Å². The molecule has 9 aromatic carbocycles. The molecular formula is C73H63N5OPt. The predicted octanol–water partition coefficient (Wildman–Crippen LogP) is 19.5. The molecule has 0 saturated heterocycles. The summed E-state index contributed by atoms with van der Waals surface area (Å²) in [6, 6.07) is 71.7. The summed E-state index contributed by atoms with van der Waals surface area (Å²) in [4.78, 5) is 5.03. The number of hydrogen-bond acceptors (Lipinski definition) is 2. The summed E-state index contributed by atoms with van der Waals surface area (Å²) >= 11 is 2.57. The summed E-state index contributed by atoms with van der Waals surface area (Å²) in [6.45, 7) is 22.9. The van der Waals surface area contributed by atoms with E-state index in [1.165, 1.54) is 76.9 Å². The average molecular weight is 1220 g/mol. The summed E-state index contributed by atoms with van der Waals surface area (Å²) in [5, 5.41) is 7.37. The van der Waals surface area contributed by atoms with E-state index in [-0.39, 0.29) is 16.2 Å². The van der Waals surface area contributed by atoms with Crippen molar-refractivity contribution in [3.63, 3.8) is 0 Å². The van der Waals surface area contributed by atoms with Gasteiger partial charge in [0.2, 0.25) is 0 Å². The molecule has 0 aliphatic carbocycles. The van der Waals surface area contributed by atoms with E-state index in [1.54, 1.807) is 0 Å². The normalized spacial score (nSPS) is 12.7. The van der Waals surface area contributed by atoms with Crippen molar-refractivity contribution in [3.8, 4) is 50.9 Å². The van der Waals surface area contributed by atoms with E-state index < -0.39 is 0 Å². The van der Waals surface area contributed by atoms with E-state index in [9.17, 15) is 0 Å². The van der Waals surface area contributed by atoms with Gasteiger partial charge < -0.3 is 4.40 Å². The van der Waals surface area contributed by atoms with Gasteiger partial charge >= 0.3 is 371 Å². The van der Waals surface area contributed by atoms with Crippen molar-refractivity contribution in [1.82, 2.24) is 23.1 Å². The number of benzene rings is 9. The van der Waals surface area contributed by atoms with E-state index in [2.05, 4.69) is 301 Å². The summed E-state index contributed by atoms with van der Waals surface area (Å²) in [6.07, 6.45) is 1.92. The Balaban J connectivity index is 0.964. The SMILES string of the molecule is Cc1ccnc(-n2c3cc(Oc4cc(-n5[c](=[Pt])n(-c6c(-c7ccccc7)cccc6-c6cc(C(C)(C)C)cc(C(C)(C)C)c6)c6ccccc65)cc(C(C)(C)C)c4)ccc3c3cc4c5cccc6c7ccccc7n(c4cc32)c65)c1. The third-order valence-electron chi connectivity index (χ3n) is 16.5. The molecule has 5 aromatic heterocycles. The minimum Gasteiger partial charge on any atom is 0.0620 e. The molecule has 14 rings (SSSR count). The Morgan fingerprint density at radius 1 is 0.400 bits per heavy atom. The topological polar surface area (TPSA) is 41.3 Å². The Hall–Kier alpha value is -8.31. The minimum absolute atomic E-state index is 0.0503. The zero-order valence-corrected chi connectivity index (χ0v) is 49.3. The molecule has 14 aromatic rings. The van der Waals surface area contributed by atoms with Gasteiger partial charge in [0.15, 0.2) is 0 Å². The molecule has 80 heavy (non-hydrogen) atoms. The van der Waals surface area contributed by atoms with Crippen molar-refractivity contribution in [1.29, 1.82) is 0 Å². The number of aryl methyl sites for hydroxylation is 1. The van der Waals surface area contributed by atoms with E-state index in [0.29, 0.717) is 0 Å². The van der Waals surface area contributed by atoms with Crippen molar-refractivity contribution >= 4 is 70.9 Å². The smallest absolute Gasteiger partial charge is 0.0620 e. The van der Waals surface area contributed by atoms with Crippen LogP contribution in [0.3, 0.4) is 0 Å². The van der Waals surface area contributed by atoms with Gasteiger partial charge in [-0.3, -0.25) is 0 Å². The number of para-hydroxylation sites is 5. The second-order valence-corrected chi connectivity index (χ2v) is 26.0. The van der Waals surface area contributed by atoms with Crippen LogP contribution in [0.15, 0.2) is 200 Å². The van der Waals surface area contributed by atoms with Gasteiger partial charge in [-0.2, -0.15) is 0 Å². The fourth-order valence-electron chi connectivity index (χ4n) is 12.3. The molecule has 0 unspecified atom stereocenters. The Labute approximate surface area is 477 Å². The molecule has 0 saturated carbocycles. The molecular weight excluding hydrogens is 1160 g/mol. The van der Waals surface area contributed by atoms with Crippen LogP contribution < -0.4 is 4.74 Å². The van der Waals surface area contributed by atoms with Gasteiger partial charge in [0.25, 0.3) is 0 Å². The third kappa shape index (κ3) is 8.00. The zero-order chi connectivity index (χ0) is 55.1. The van der Waals surface area contributed by atoms with Gasteiger partial charge in [-0.15, -0.1) is 0 Å². The molecule has 0 spiro atoms. The van der Waals surface area contributed by atoms with E-state index in [0.717, 1.165) is 71.1 Å². The van der Waals surface area contributed by atoms with Gasteiger partial charge in [0, 0.05) is 27.7 Å². The van der Waals surface area contributed by atoms with Gasteiger partial charge in [0.1, 0.15) is 0 Å². The van der Waals surface area contributed by atoms with E-state index in [4.69, 9.17) is 9.72 Å². The Morgan fingerprint density at radius 2 is 0.975 bits per heavy atom. The van der Waals surface area contributed by atoms with Crippen molar-refractivity contribution in [3.05, 3.63) is 226 Å². The number of rotatable bonds is 7. The minimum atomic E-state index is -0.197. The fourth-order valence-corrected chi connectivity index (χ4v) is 13.4. The first-order chi connectivity index (χ1) is 38.4. The second-order valence-electron chi connectivity index (χ2n) is 25.0. The molecule has 7 heteroatoms. The summed E-state index contributed by atoms with van der Waals surface area (Å²) in [5.74, 6) is 2.38. The van der Waals surface area contributed by atoms with Crippen molar-refractivity contribution in [2.45, 2.75) is 85.5 Å². The van der Waals surface area contributed by atoms with Crippen LogP contribution in [0.1, 0.15) is 84.6 Å². The van der Waals surface area contributed by atoms with Crippen LogP contribution in [0, 0.1) is 10.7 Å². The molecule has 5 heterocycles. The first-order valence-corrected chi connectivity index (χ1v) is 29.0. The molecule has 0 fully saturated rings. The van der Waals surface area contributed by atoms with Crippen LogP contribution >= 0.6 is 0 Å². The Kier molecular flexibility index (Phi) is 11.3. The Bertz CT molecular complexity index is 4860. The number of imidazole rings is 1. The maximum absolute atomic E-state index is 7.21. The number of pyridine rings is 1. The Morgan fingerprint density at radius 3 is 1.68 bits per heavy atom. The summed E-state index contributed by atoms with van der Waals surface area (Å²) < 4.78 is 18.0. The molecule has 0 radical (unpaired) electrons. The van der Waals surface area contributed by atoms with Crippen LogP contribution in [0.4, 0.5) is 0 Å². The first kappa shape index (κ1) is 49.9. The van der Waals surface area contributed by atoms with Gasteiger partial charge in [-0.1, -0.05) is 36.4 Å². The van der Waals surface area contributed by atoms with Gasteiger partial charge in [-0.05, 0) is 24.6 Å². The molecule has 0 atom stereocenters. The van der Waals surface area contributed by atoms with Gasteiger partial charge in [0.05, 0.1) is 16.6 Å². The number of ether oxygens (including phenoxy) is 1. The monoisotopic (exact) mass is 1220 g/mol. The molecule has 0 amide bonds. The van der Waals surface area contributed by atoms with Crippen molar-refractivity contribution < 1.29 is 24.1 Å². The van der Waals surface area contributed by atoms with Crippen LogP contribution in [0.2, 0.25) is 0 Å². The first-order valence-electron chi connectivity index (χ1n) is 27.8. The van der Waals surface area contributed by atoms with Crippen LogP contribution in [-0.4, -0.2) is 23.1 Å². The molecule has 396 valence electrons. The fraction of sp³-hybridized carbons (Fsp3) is 0.178. The third-order valence-corrected chi connectivity index (χ3v) is 17.5. The number of hydrogen-bond donors (Lipinski definition) is 0. The molecule has 0 aliphatic rings. The zero-order valence-electron chi connectivity index (χ0n) is 47.0.